The molecule has 0 spiro atoms. The van der Waals surface area contributed by atoms with E-state index in [0.717, 1.165) is 25.7 Å². The molecule has 190 valence electrons. The maximum absolute atomic E-state index is 10.4. The molecule has 1 aliphatic heterocycles. The SMILES string of the molecule is CCCCCCC(C)ON=O.CCCCCCCC1OC1CCCCCCCCC(=O)O. The van der Waals surface area contributed by atoms with Crippen LogP contribution in [0.1, 0.15) is 143 Å². The van der Waals surface area contributed by atoms with Gasteiger partial charge in [0, 0.05) is 6.42 Å². The first-order valence-electron chi connectivity index (χ1n) is 13.4. The van der Waals surface area contributed by atoms with Gasteiger partial charge in [-0.15, -0.1) is 4.91 Å². The highest BCUT2D eigenvalue weighted by Crippen LogP contribution is 2.31. The van der Waals surface area contributed by atoms with Crippen LogP contribution < -0.4 is 0 Å². The molecule has 0 aliphatic carbocycles. The second-order valence-electron chi connectivity index (χ2n) is 9.31. The predicted molar refractivity (Wildman–Crippen MR) is 132 cm³/mol. The van der Waals surface area contributed by atoms with Crippen molar-refractivity contribution in [3.8, 4) is 0 Å². The Morgan fingerprint density at radius 2 is 1.28 bits per heavy atom. The van der Waals surface area contributed by atoms with E-state index in [1.807, 2.05) is 6.92 Å². The molecule has 0 aromatic rings. The Labute approximate surface area is 197 Å². The third-order valence-electron chi connectivity index (χ3n) is 6.10. The summed E-state index contributed by atoms with van der Waals surface area (Å²) in [5, 5.41) is 10.9. The van der Waals surface area contributed by atoms with E-state index in [2.05, 4.69) is 24.0 Å². The van der Waals surface area contributed by atoms with Gasteiger partial charge in [-0.3, -0.25) is 4.79 Å². The van der Waals surface area contributed by atoms with E-state index >= 15 is 0 Å². The fraction of sp³-hybridized carbons (Fsp3) is 0.962. The van der Waals surface area contributed by atoms with Crippen LogP contribution in [-0.2, 0) is 14.4 Å². The average molecular weight is 458 g/mol. The number of carboxylic acids is 1. The number of ether oxygens (including phenoxy) is 1. The van der Waals surface area contributed by atoms with Crippen molar-refractivity contribution in [2.75, 3.05) is 0 Å². The third-order valence-corrected chi connectivity index (χ3v) is 6.10. The second kappa shape index (κ2) is 23.0. The van der Waals surface area contributed by atoms with Crippen LogP contribution in [0.15, 0.2) is 5.34 Å². The third kappa shape index (κ3) is 22.0. The molecule has 1 saturated heterocycles. The van der Waals surface area contributed by atoms with Crippen LogP contribution in [0.25, 0.3) is 0 Å². The van der Waals surface area contributed by atoms with E-state index < -0.39 is 5.97 Å². The summed E-state index contributed by atoms with van der Waals surface area (Å²) in [4.78, 5) is 24.5. The fourth-order valence-corrected chi connectivity index (χ4v) is 3.95. The predicted octanol–water partition coefficient (Wildman–Crippen LogP) is 8.36. The molecule has 1 aliphatic rings. The standard InChI is InChI=1S/C18H34O3.C8H17NO2/c1-2-3-4-7-10-13-16-17(21-16)14-11-8-5-6-9-12-15-18(19)20;1-3-4-5-6-7-8(2)11-9-10/h16-17H,2-15H2,1H3,(H,19,20);8H,3-7H2,1-2H3. The number of nitrogens with zero attached hydrogens (tertiary/aromatic N) is 1. The number of carbonyl (C=O) groups is 1. The van der Waals surface area contributed by atoms with Gasteiger partial charge < -0.3 is 14.7 Å². The van der Waals surface area contributed by atoms with Crippen molar-refractivity contribution in [3.63, 3.8) is 0 Å². The summed E-state index contributed by atoms with van der Waals surface area (Å²) in [7, 11) is 0. The minimum atomic E-state index is -0.665. The molecular formula is C26H51NO5. The Balaban J connectivity index is 0.000000739. The Morgan fingerprint density at radius 3 is 1.78 bits per heavy atom. The van der Waals surface area contributed by atoms with Crippen molar-refractivity contribution >= 4 is 5.97 Å². The number of epoxide rings is 1. The summed E-state index contributed by atoms with van der Waals surface area (Å²) in [6.07, 6.45) is 23.4. The van der Waals surface area contributed by atoms with Crippen molar-refractivity contribution in [2.24, 2.45) is 5.34 Å². The highest BCUT2D eigenvalue weighted by atomic mass is 16.7. The molecule has 1 heterocycles. The molecule has 0 saturated carbocycles. The zero-order valence-electron chi connectivity index (χ0n) is 21.2. The van der Waals surface area contributed by atoms with E-state index in [9.17, 15) is 9.70 Å². The van der Waals surface area contributed by atoms with Gasteiger partial charge in [0.1, 0.15) is 6.10 Å². The van der Waals surface area contributed by atoms with Gasteiger partial charge in [0.2, 0.25) is 0 Å². The molecule has 6 heteroatoms. The quantitative estimate of drug-likeness (QED) is 0.0763. The van der Waals surface area contributed by atoms with Gasteiger partial charge in [-0.1, -0.05) is 97.3 Å². The lowest BCUT2D eigenvalue weighted by Gasteiger charge is -2.05. The van der Waals surface area contributed by atoms with Crippen molar-refractivity contribution < 1.29 is 19.5 Å². The van der Waals surface area contributed by atoms with Crippen LogP contribution in [0.2, 0.25) is 0 Å². The summed E-state index contributed by atoms with van der Waals surface area (Å²) < 4.78 is 5.73. The lowest BCUT2D eigenvalue weighted by atomic mass is 10.0. The van der Waals surface area contributed by atoms with Crippen molar-refractivity contribution in [2.45, 2.75) is 161 Å². The molecule has 0 amide bonds. The van der Waals surface area contributed by atoms with Crippen molar-refractivity contribution in [1.82, 2.24) is 0 Å². The normalized spacial score (nSPS) is 17.8. The fourth-order valence-electron chi connectivity index (χ4n) is 3.95. The van der Waals surface area contributed by atoms with Gasteiger partial charge in [-0.2, -0.15) is 0 Å². The molecule has 1 fully saturated rings. The monoisotopic (exact) mass is 457 g/mol. The number of carboxylic acid groups (broad SMARTS) is 1. The number of hydrogen-bond acceptors (Lipinski definition) is 5. The van der Waals surface area contributed by atoms with Crippen LogP contribution in [0.5, 0.6) is 0 Å². The molecule has 1 N–H and O–H groups in total. The number of rotatable bonds is 22. The molecule has 0 aromatic heterocycles. The van der Waals surface area contributed by atoms with Gasteiger partial charge in [0.15, 0.2) is 5.34 Å². The first kappa shape index (κ1) is 30.8. The highest BCUT2D eigenvalue weighted by Gasteiger charge is 2.36. The topological polar surface area (TPSA) is 88.5 Å². The van der Waals surface area contributed by atoms with Crippen LogP contribution in [-0.4, -0.2) is 29.4 Å². The van der Waals surface area contributed by atoms with Crippen LogP contribution >= 0.6 is 0 Å². The maximum atomic E-state index is 10.4. The average Bonchev–Trinajstić information content (AvgIpc) is 3.51. The van der Waals surface area contributed by atoms with E-state index in [1.165, 1.54) is 89.9 Å². The van der Waals surface area contributed by atoms with Crippen LogP contribution in [0, 0.1) is 4.91 Å². The zero-order chi connectivity index (χ0) is 23.9. The van der Waals surface area contributed by atoms with Crippen molar-refractivity contribution in [1.29, 1.82) is 0 Å². The Hall–Kier alpha value is -1.17. The second-order valence-corrected chi connectivity index (χ2v) is 9.31. The van der Waals surface area contributed by atoms with Gasteiger partial charge in [0.25, 0.3) is 0 Å². The smallest absolute Gasteiger partial charge is 0.303 e. The van der Waals surface area contributed by atoms with Gasteiger partial charge in [0.05, 0.1) is 12.2 Å². The molecule has 32 heavy (non-hydrogen) atoms. The summed E-state index contributed by atoms with van der Waals surface area (Å²) in [5.41, 5.74) is 0. The van der Waals surface area contributed by atoms with Crippen LogP contribution in [0.3, 0.4) is 0 Å². The van der Waals surface area contributed by atoms with E-state index in [4.69, 9.17) is 9.84 Å². The zero-order valence-corrected chi connectivity index (χ0v) is 21.2. The summed E-state index contributed by atoms with van der Waals surface area (Å²) in [5.74, 6) is -0.665. The lowest BCUT2D eigenvalue weighted by molar-refractivity contribution is -0.137. The lowest BCUT2D eigenvalue weighted by Crippen LogP contribution is -2.02. The molecule has 1 rings (SSSR count). The number of hydrogen-bond donors (Lipinski definition) is 1. The van der Waals surface area contributed by atoms with Gasteiger partial charge in [-0.25, -0.2) is 0 Å². The summed E-state index contributed by atoms with van der Waals surface area (Å²) >= 11 is 0. The Morgan fingerprint density at radius 1 is 0.812 bits per heavy atom. The minimum Gasteiger partial charge on any atom is -0.481 e. The van der Waals surface area contributed by atoms with Crippen LogP contribution in [0.4, 0.5) is 0 Å². The summed E-state index contributed by atoms with van der Waals surface area (Å²) in [6, 6.07) is 0. The van der Waals surface area contributed by atoms with E-state index in [0.29, 0.717) is 18.6 Å². The molecular weight excluding hydrogens is 406 g/mol. The van der Waals surface area contributed by atoms with Crippen molar-refractivity contribution in [3.05, 3.63) is 4.91 Å². The Kier molecular flexibility index (Phi) is 22.2. The van der Waals surface area contributed by atoms with Gasteiger partial charge >= 0.3 is 5.97 Å². The molecule has 0 aromatic carbocycles. The largest absolute Gasteiger partial charge is 0.481 e. The van der Waals surface area contributed by atoms with Gasteiger partial charge in [-0.05, 0) is 39.0 Å². The number of aliphatic carboxylic acids is 1. The molecule has 0 bridgehead atoms. The molecule has 6 nitrogen and oxygen atoms in total. The van der Waals surface area contributed by atoms with E-state index in [-0.39, 0.29) is 6.10 Å². The molecule has 3 atom stereocenters. The van der Waals surface area contributed by atoms with E-state index in [1.54, 1.807) is 0 Å². The Bertz CT molecular complexity index is 432. The molecule has 3 unspecified atom stereocenters. The number of unbranched alkanes of at least 4 members (excludes halogenated alkanes) is 12. The molecule has 0 radical (unpaired) electrons. The first-order chi connectivity index (χ1) is 15.5. The first-order valence-corrected chi connectivity index (χ1v) is 13.4. The maximum Gasteiger partial charge on any atom is 0.303 e. The highest BCUT2D eigenvalue weighted by molar-refractivity contribution is 5.66. The minimum absolute atomic E-state index is 0.00986. The summed E-state index contributed by atoms with van der Waals surface area (Å²) in [6.45, 7) is 6.30.